The van der Waals surface area contributed by atoms with Gasteiger partial charge in [0, 0.05) is 17.3 Å². The molecule has 1 aromatic heterocycles. The first-order valence-corrected chi connectivity index (χ1v) is 8.33. The third-order valence-electron chi connectivity index (χ3n) is 3.98. The number of amides is 1. The first kappa shape index (κ1) is 18.3. The number of anilines is 1. The lowest BCUT2D eigenvalue weighted by Crippen LogP contribution is -2.26. The summed E-state index contributed by atoms with van der Waals surface area (Å²) in [5, 5.41) is 2.76. The Labute approximate surface area is 156 Å². The predicted molar refractivity (Wildman–Crippen MR) is 99.7 cm³/mol. The lowest BCUT2D eigenvalue weighted by atomic mass is 10.1. The second-order valence-electron chi connectivity index (χ2n) is 5.81. The van der Waals surface area contributed by atoms with Crippen LogP contribution in [0.5, 0.6) is 5.75 Å². The van der Waals surface area contributed by atoms with Crippen LogP contribution in [0.4, 0.5) is 5.69 Å². The molecule has 1 amide bonds. The molecular weight excluding hydrogens is 346 g/mol. The number of ether oxygens (including phenoxy) is 2. The molecule has 0 radical (unpaired) electrons. The Morgan fingerprint density at radius 2 is 1.81 bits per heavy atom. The highest BCUT2D eigenvalue weighted by Gasteiger charge is 2.27. The summed E-state index contributed by atoms with van der Waals surface area (Å²) < 4.78 is 15.8. The van der Waals surface area contributed by atoms with Gasteiger partial charge in [-0.3, -0.25) is 4.79 Å². The number of rotatable bonds is 6. The van der Waals surface area contributed by atoms with Crippen LogP contribution in [0.2, 0.25) is 0 Å². The minimum absolute atomic E-state index is 0.283. The van der Waals surface area contributed by atoms with E-state index in [-0.39, 0.29) is 5.56 Å². The lowest BCUT2D eigenvalue weighted by Gasteiger charge is -2.18. The van der Waals surface area contributed by atoms with Crippen molar-refractivity contribution in [3.63, 3.8) is 0 Å². The molecule has 0 aliphatic carbocycles. The van der Waals surface area contributed by atoms with Crippen molar-refractivity contribution in [2.24, 2.45) is 0 Å². The zero-order valence-corrected chi connectivity index (χ0v) is 15.0. The molecule has 1 unspecified atom stereocenters. The molecule has 0 saturated carbocycles. The second kappa shape index (κ2) is 8.23. The van der Waals surface area contributed by atoms with Gasteiger partial charge in [0.05, 0.1) is 13.4 Å². The maximum Gasteiger partial charge on any atom is 0.342 e. The van der Waals surface area contributed by atoms with E-state index < -0.39 is 18.0 Å². The fourth-order valence-electron chi connectivity index (χ4n) is 2.58. The van der Waals surface area contributed by atoms with Gasteiger partial charge in [-0.1, -0.05) is 36.4 Å². The Hall–Kier alpha value is -3.54. The van der Waals surface area contributed by atoms with Crippen molar-refractivity contribution < 1.29 is 23.5 Å². The Morgan fingerprint density at radius 1 is 1.04 bits per heavy atom. The molecule has 138 valence electrons. The van der Waals surface area contributed by atoms with E-state index in [0.717, 1.165) is 0 Å². The number of methoxy groups -OCH3 is 1. The molecule has 27 heavy (non-hydrogen) atoms. The van der Waals surface area contributed by atoms with E-state index in [4.69, 9.17) is 13.9 Å². The van der Waals surface area contributed by atoms with Crippen molar-refractivity contribution in [1.82, 2.24) is 0 Å². The molecule has 1 heterocycles. The molecule has 3 aromatic rings. The minimum atomic E-state index is -1.11. The molecule has 0 bridgehead atoms. The average molecular weight is 365 g/mol. The van der Waals surface area contributed by atoms with E-state index >= 15 is 0 Å². The minimum Gasteiger partial charge on any atom is -0.497 e. The Kier molecular flexibility index (Phi) is 5.56. The first-order valence-electron chi connectivity index (χ1n) is 8.33. The van der Waals surface area contributed by atoms with Crippen molar-refractivity contribution in [3.8, 4) is 5.75 Å². The summed E-state index contributed by atoms with van der Waals surface area (Å²) in [5.74, 6) is -0.0602. The highest BCUT2D eigenvalue weighted by Crippen LogP contribution is 2.24. The smallest absolute Gasteiger partial charge is 0.342 e. The summed E-state index contributed by atoms with van der Waals surface area (Å²) in [6.07, 6.45) is 0.291. The maximum atomic E-state index is 12.9. The van der Waals surface area contributed by atoms with Crippen LogP contribution >= 0.6 is 0 Å². The van der Waals surface area contributed by atoms with Crippen molar-refractivity contribution >= 4 is 17.6 Å². The summed E-state index contributed by atoms with van der Waals surface area (Å²) in [5.41, 5.74) is 1.38. The van der Waals surface area contributed by atoms with Crippen molar-refractivity contribution in [2.45, 2.75) is 13.0 Å². The normalized spacial score (nSPS) is 11.5. The molecule has 0 aliphatic rings. The van der Waals surface area contributed by atoms with E-state index in [9.17, 15) is 9.59 Å². The molecule has 1 N–H and O–H groups in total. The highest BCUT2D eigenvalue weighted by atomic mass is 16.5. The number of hydrogen-bond donors (Lipinski definition) is 1. The number of benzene rings is 2. The van der Waals surface area contributed by atoms with Crippen molar-refractivity contribution in [2.75, 3.05) is 12.4 Å². The summed E-state index contributed by atoms with van der Waals surface area (Å²) >= 11 is 0. The third kappa shape index (κ3) is 4.36. The fourth-order valence-corrected chi connectivity index (χ4v) is 2.58. The number of nitrogens with one attached hydrogen (secondary N) is 1. The van der Waals surface area contributed by atoms with Gasteiger partial charge in [0.25, 0.3) is 5.91 Å². The molecule has 0 fully saturated rings. The number of carbonyl (C=O) groups excluding carboxylic acids is 2. The van der Waals surface area contributed by atoms with Gasteiger partial charge in [0.1, 0.15) is 17.1 Å². The van der Waals surface area contributed by atoms with Crippen LogP contribution in [0, 0.1) is 6.92 Å². The van der Waals surface area contributed by atoms with Crippen LogP contribution in [0.15, 0.2) is 71.3 Å². The van der Waals surface area contributed by atoms with E-state index in [2.05, 4.69) is 5.32 Å². The van der Waals surface area contributed by atoms with E-state index in [1.165, 1.54) is 12.3 Å². The summed E-state index contributed by atoms with van der Waals surface area (Å²) in [7, 11) is 1.54. The molecule has 3 rings (SSSR count). The van der Waals surface area contributed by atoms with Gasteiger partial charge in [-0.2, -0.15) is 0 Å². The Morgan fingerprint density at radius 3 is 2.48 bits per heavy atom. The number of aryl methyl sites for hydroxylation is 1. The van der Waals surface area contributed by atoms with Gasteiger partial charge in [-0.25, -0.2) is 4.79 Å². The van der Waals surface area contributed by atoms with E-state index in [0.29, 0.717) is 22.8 Å². The van der Waals surface area contributed by atoms with E-state index in [1.807, 2.05) is 6.07 Å². The third-order valence-corrected chi connectivity index (χ3v) is 3.98. The van der Waals surface area contributed by atoms with Crippen LogP contribution < -0.4 is 10.1 Å². The van der Waals surface area contributed by atoms with Crippen molar-refractivity contribution in [1.29, 1.82) is 0 Å². The summed E-state index contributed by atoms with van der Waals surface area (Å²) in [6, 6.07) is 17.3. The molecular formula is C21H19NO5. The first-order chi connectivity index (χ1) is 13.1. The highest BCUT2D eigenvalue weighted by molar-refractivity contribution is 5.98. The molecule has 0 saturated heterocycles. The molecule has 0 aliphatic heterocycles. The van der Waals surface area contributed by atoms with Gasteiger partial charge in [0.15, 0.2) is 0 Å². The van der Waals surface area contributed by atoms with E-state index in [1.54, 1.807) is 62.6 Å². The number of carbonyl (C=O) groups is 2. The number of furan rings is 1. The second-order valence-corrected chi connectivity index (χ2v) is 5.81. The standard InChI is InChI=1S/C21H19NO5/c1-14-18(11-12-26-14)21(24)27-19(15-7-4-3-5-8-15)20(23)22-16-9-6-10-17(13-16)25-2/h3-13,19H,1-2H3,(H,22,23). The maximum absolute atomic E-state index is 12.9. The molecule has 6 nitrogen and oxygen atoms in total. The molecule has 2 aromatic carbocycles. The quantitative estimate of drug-likeness (QED) is 0.665. The molecule has 0 spiro atoms. The molecule has 6 heteroatoms. The van der Waals surface area contributed by atoms with Crippen LogP contribution in [0.25, 0.3) is 0 Å². The molecule has 1 atom stereocenters. The monoisotopic (exact) mass is 365 g/mol. The van der Waals surface area contributed by atoms with Crippen LogP contribution in [-0.2, 0) is 9.53 Å². The summed E-state index contributed by atoms with van der Waals surface area (Å²) in [6.45, 7) is 1.66. The van der Waals surface area contributed by atoms with Crippen LogP contribution in [0.3, 0.4) is 0 Å². The zero-order chi connectivity index (χ0) is 19.2. The van der Waals surface area contributed by atoms with Crippen LogP contribution in [0.1, 0.15) is 27.8 Å². The number of hydrogen-bond acceptors (Lipinski definition) is 5. The Balaban J connectivity index is 1.84. The average Bonchev–Trinajstić information content (AvgIpc) is 3.12. The lowest BCUT2D eigenvalue weighted by molar-refractivity contribution is -0.125. The Bertz CT molecular complexity index is 933. The zero-order valence-electron chi connectivity index (χ0n) is 15.0. The van der Waals surface area contributed by atoms with Crippen molar-refractivity contribution in [3.05, 3.63) is 83.8 Å². The van der Waals surface area contributed by atoms with Gasteiger partial charge >= 0.3 is 5.97 Å². The van der Waals surface area contributed by atoms with Gasteiger partial charge in [0.2, 0.25) is 6.10 Å². The van der Waals surface area contributed by atoms with Gasteiger partial charge in [-0.15, -0.1) is 0 Å². The SMILES string of the molecule is COc1cccc(NC(=O)C(OC(=O)c2ccoc2C)c2ccccc2)c1. The topological polar surface area (TPSA) is 77.8 Å². The van der Waals surface area contributed by atoms with Crippen LogP contribution in [-0.4, -0.2) is 19.0 Å². The van der Waals surface area contributed by atoms with Gasteiger partial charge < -0.3 is 19.2 Å². The van der Waals surface area contributed by atoms with Gasteiger partial charge in [-0.05, 0) is 25.1 Å². The summed E-state index contributed by atoms with van der Waals surface area (Å²) in [4.78, 5) is 25.3. The largest absolute Gasteiger partial charge is 0.497 e. The fraction of sp³-hybridized carbons (Fsp3) is 0.143. The number of esters is 1. The predicted octanol–water partition coefficient (Wildman–Crippen LogP) is 4.13.